The first-order valence-corrected chi connectivity index (χ1v) is 8.78. The molecule has 0 saturated heterocycles. The van der Waals surface area contributed by atoms with E-state index in [0.29, 0.717) is 11.9 Å². The second kappa shape index (κ2) is 15.9. The number of nitrogens with one attached hydrogen (secondary N) is 2. The summed E-state index contributed by atoms with van der Waals surface area (Å²) in [7, 11) is 0. The topological polar surface area (TPSA) is 101 Å². The number of rotatable bonds is 13. The zero-order valence-electron chi connectivity index (χ0n) is 14.5. The Morgan fingerprint density at radius 3 is 1.45 bits per heavy atom. The van der Waals surface area contributed by atoms with Crippen LogP contribution in [-0.2, 0) is 0 Å². The Labute approximate surface area is 136 Å². The second-order valence-electron chi connectivity index (χ2n) is 5.51. The van der Waals surface area contributed by atoms with Crippen LogP contribution in [0.15, 0.2) is 9.98 Å². The summed E-state index contributed by atoms with van der Waals surface area (Å²) in [5, 5.41) is 6.23. The third-order valence-corrected chi connectivity index (χ3v) is 3.30. The summed E-state index contributed by atoms with van der Waals surface area (Å²) < 4.78 is 0. The van der Waals surface area contributed by atoms with Gasteiger partial charge in [0.05, 0.1) is 0 Å². The summed E-state index contributed by atoms with van der Waals surface area (Å²) in [4.78, 5) is 8.62. The van der Waals surface area contributed by atoms with E-state index in [1.807, 2.05) is 0 Å². The first-order valence-electron chi connectivity index (χ1n) is 8.78. The Bertz CT molecular complexity index is 271. The van der Waals surface area contributed by atoms with Crippen molar-refractivity contribution < 1.29 is 0 Å². The maximum absolute atomic E-state index is 5.76. The van der Waals surface area contributed by atoms with Crippen molar-refractivity contribution in [3.8, 4) is 0 Å². The molecule has 0 radical (unpaired) electrons. The van der Waals surface area contributed by atoms with E-state index in [9.17, 15) is 0 Å². The minimum Gasteiger partial charge on any atom is -0.370 e. The Kier molecular flexibility index (Phi) is 14.9. The molecular formula is C16H36N6. The Balaban J connectivity index is 3.42. The van der Waals surface area contributed by atoms with Crippen molar-refractivity contribution in [3.63, 3.8) is 0 Å². The first kappa shape index (κ1) is 20.5. The molecule has 0 aliphatic heterocycles. The Hall–Kier alpha value is -1.46. The van der Waals surface area contributed by atoms with Crippen LogP contribution in [0, 0.1) is 0 Å². The zero-order valence-corrected chi connectivity index (χ0v) is 14.5. The molecule has 0 heterocycles. The molecule has 0 aliphatic rings. The minimum absolute atomic E-state index is 0.573. The number of hydrogen-bond acceptors (Lipinski definition) is 2. The molecule has 0 amide bonds. The van der Waals surface area contributed by atoms with Crippen molar-refractivity contribution in [2.75, 3.05) is 26.2 Å². The van der Waals surface area contributed by atoms with Crippen LogP contribution < -0.4 is 22.1 Å². The lowest BCUT2D eigenvalue weighted by atomic mass is 10.2. The van der Waals surface area contributed by atoms with Gasteiger partial charge in [0.15, 0.2) is 11.9 Å². The van der Waals surface area contributed by atoms with E-state index in [0.717, 1.165) is 64.7 Å². The van der Waals surface area contributed by atoms with Crippen molar-refractivity contribution in [3.05, 3.63) is 0 Å². The normalized spacial score (nSPS) is 12.5. The summed E-state index contributed by atoms with van der Waals surface area (Å²) >= 11 is 0. The molecule has 0 aromatic rings. The van der Waals surface area contributed by atoms with Gasteiger partial charge in [-0.1, -0.05) is 39.5 Å². The van der Waals surface area contributed by atoms with E-state index in [-0.39, 0.29) is 0 Å². The Morgan fingerprint density at radius 1 is 0.682 bits per heavy atom. The molecule has 0 saturated carbocycles. The maximum atomic E-state index is 5.76. The van der Waals surface area contributed by atoms with Gasteiger partial charge in [0.1, 0.15) is 0 Å². The largest absolute Gasteiger partial charge is 0.370 e. The highest BCUT2D eigenvalue weighted by molar-refractivity contribution is 5.78. The van der Waals surface area contributed by atoms with Crippen molar-refractivity contribution >= 4 is 11.9 Å². The third-order valence-electron chi connectivity index (χ3n) is 3.30. The molecule has 0 aromatic carbocycles. The predicted octanol–water partition coefficient (Wildman–Crippen LogP) is 1.96. The van der Waals surface area contributed by atoms with E-state index in [4.69, 9.17) is 11.5 Å². The van der Waals surface area contributed by atoms with E-state index in [1.54, 1.807) is 0 Å². The van der Waals surface area contributed by atoms with Crippen LogP contribution in [0.3, 0.4) is 0 Å². The monoisotopic (exact) mass is 312 g/mol. The minimum atomic E-state index is 0.573. The Morgan fingerprint density at radius 2 is 1.09 bits per heavy atom. The molecule has 0 spiro atoms. The van der Waals surface area contributed by atoms with Gasteiger partial charge in [0, 0.05) is 26.2 Å². The molecule has 22 heavy (non-hydrogen) atoms. The van der Waals surface area contributed by atoms with Crippen LogP contribution in [0.25, 0.3) is 0 Å². The van der Waals surface area contributed by atoms with Gasteiger partial charge in [-0.15, -0.1) is 0 Å². The average molecular weight is 313 g/mol. The summed E-state index contributed by atoms with van der Waals surface area (Å²) in [6.07, 6.45) is 9.06. The first-order chi connectivity index (χ1) is 10.7. The summed E-state index contributed by atoms with van der Waals surface area (Å²) in [6, 6.07) is 0. The molecule has 0 atom stereocenters. The molecule has 6 N–H and O–H groups in total. The fourth-order valence-electron chi connectivity index (χ4n) is 1.87. The van der Waals surface area contributed by atoms with Gasteiger partial charge in [-0.3, -0.25) is 9.98 Å². The van der Waals surface area contributed by atoms with Crippen LogP contribution in [0.2, 0.25) is 0 Å². The molecule has 6 nitrogen and oxygen atoms in total. The van der Waals surface area contributed by atoms with Gasteiger partial charge in [-0.2, -0.15) is 0 Å². The SMILES string of the molecule is CCCCNC(N)=NCCCCCCN=C(N)NCCCC. The summed E-state index contributed by atoms with van der Waals surface area (Å²) in [5.41, 5.74) is 11.5. The fraction of sp³-hybridized carbons (Fsp3) is 0.875. The lowest BCUT2D eigenvalue weighted by molar-refractivity contribution is 0.650. The van der Waals surface area contributed by atoms with Crippen molar-refractivity contribution in [2.45, 2.75) is 65.2 Å². The molecule has 0 aliphatic carbocycles. The van der Waals surface area contributed by atoms with Crippen LogP contribution in [0.1, 0.15) is 65.2 Å². The molecule has 6 heteroatoms. The molecule has 130 valence electrons. The van der Waals surface area contributed by atoms with Crippen LogP contribution in [0.4, 0.5) is 0 Å². The maximum Gasteiger partial charge on any atom is 0.188 e. The molecule has 0 bridgehead atoms. The number of nitrogens with zero attached hydrogens (tertiary/aromatic N) is 2. The van der Waals surface area contributed by atoms with E-state index >= 15 is 0 Å². The smallest absolute Gasteiger partial charge is 0.188 e. The average Bonchev–Trinajstić information content (AvgIpc) is 2.50. The molecular weight excluding hydrogens is 276 g/mol. The van der Waals surface area contributed by atoms with Crippen LogP contribution in [0.5, 0.6) is 0 Å². The molecule has 0 fully saturated rings. The highest BCUT2D eigenvalue weighted by Crippen LogP contribution is 2.00. The predicted molar refractivity (Wildman–Crippen MR) is 97.3 cm³/mol. The van der Waals surface area contributed by atoms with Gasteiger partial charge in [-0.25, -0.2) is 0 Å². The fourth-order valence-corrected chi connectivity index (χ4v) is 1.87. The van der Waals surface area contributed by atoms with E-state index in [1.165, 1.54) is 12.8 Å². The summed E-state index contributed by atoms with van der Waals surface area (Å²) in [5.74, 6) is 1.15. The zero-order chi connectivity index (χ0) is 16.5. The highest BCUT2D eigenvalue weighted by Gasteiger charge is 1.93. The second-order valence-corrected chi connectivity index (χ2v) is 5.51. The van der Waals surface area contributed by atoms with Crippen LogP contribution in [-0.4, -0.2) is 38.1 Å². The van der Waals surface area contributed by atoms with Gasteiger partial charge < -0.3 is 22.1 Å². The lowest BCUT2D eigenvalue weighted by Gasteiger charge is -2.05. The number of guanidine groups is 2. The lowest BCUT2D eigenvalue weighted by Crippen LogP contribution is -2.32. The van der Waals surface area contributed by atoms with Crippen molar-refractivity contribution in [2.24, 2.45) is 21.5 Å². The standard InChI is InChI=1S/C16H36N6/c1-3-5-11-19-15(17)21-13-9-7-8-10-14-22-16(18)20-12-6-4-2/h3-14H2,1-2H3,(H3,17,19,21)(H3,18,20,22). The van der Waals surface area contributed by atoms with Crippen molar-refractivity contribution in [1.29, 1.82) is 0 Å². The van der Waals surface area contributed by atoms with Crippen LogP contribution >= 0.6 is 0 Å². The molecule has 0 aromatic heterocycles. The van der Waals surface area contributed by atoms with E-state index in [2.05, 4.69) is 34.5 Å². The highest BCUT2D eigenvalue weighted by atomic mass is 15.1. The van der Waals surface area contributed by atoms with E-state index < -0.39 is 0 Å². The molecule has 0 rings (SSSR count). The molecule has 0 unspecified atom stereocenters. The van der Waals surface area contributed by atoms with Gasteiger partial charge in [-0.05, 0) is 25.7 Å². The third kappa shape index (κ3) is 14.9. The number of nitrogens with two attached hydrogens (primary N) is 2. The number of aliphatic imine (C=N–C) groups is 2. The summed E-state index contributed by atoms with van der Waals surface area (Å²) in [6.45, 7) is 7.75. The number of hydrogen-bond donors (Lipinski definition) is 4. The van der Waals surface area contributed by atoms with Gasteiger partial charge in [0.2, 0.25) is 0 Å². The van der Waals surface area contributed by atoms with Gasteiger partial charge >= 0.3 is 0 Å². The number of unbranched alkanes of at least 4 members (excludes halogenated alkanes) is 5. The quantitative estimate of drug-likeness (QED) is 0.237. The van der Waals surface area contributed by atoms with Crippen molar-refractivity contribution in [1.82, 2.24) is 10.6 Å². The van der Waals surface area contributed by atoms with Gasteiger partial charge in [0.25, 0.3) is 0 Å².